The highest BCUT2D eigenvalue weighted by atomic mass is 35.5. The first-order chi connectivity index (χ1) is 9.00. The van der Waals surface area contributed by atoms with Gasteiger partial charge in [-0.2, -0.15) is 0 Å². The van der Waals surface area contributed by atoms with Crippen molar-refractivity contribution < 1.29 is 4.79 Å². The lowest BCUT2D eigenvalue weighted by Crippen LogP contribution is -2.14. The Balaban J connectivity index is 2.31. The van der Waals surface area contributed by atoms with E-state index in [-0.39, 0.29) is 31.6 Å². The molecule has 2 rings (SSSR count). The molecule has 0 saturated carbocycles. The van der Waals surface area contributed by atoms with Gasteiger partial charge in [-0.15, -0.1) is 0 Å². The number of carbonyl (C=O) groups excluding carboxylic acids is 1. The minimum absolute atomic E-state index is 0.0455. The highest BCUT2D eigenvalue weighted by molar-refractivity contribution is 6.45. The fourth-order valence-electron chi connectivity index (χ4n) is 1.29. The van der Waals surface area contributed by atoms with Crippen molar-refractivity contribution >= 4 is 58.1 Å². The molecule has 1 N–H and O–H groups in total. The Labute approximate surface area is 128 Å². The Bertz CT molecular complexity index is 648. The predicted octanol–water partition coefficient (Wildman–Crippen LogP) is 4.34. The number of benzene rings is 1. The molecule has 0 aliphatic rings. The zero-order valence-electron chi connectivity index (χ0n) is 9.12. The van der Waals surface area contributed by atoms with E-state index in [0.29, 0.717) is 0 Å². The average Bonchev–Trinajstić information content (AvgIpc) is 2.38. The number of aromatic nitrogens is 2. The second-order valence-corrected chi connectivity index (χ2v) is 4.90. The van der Waals surface area contributed by atoms with Gasteiger partial charge in [-0.25, -0.2) is 9.97 Å². The number of anilines is 1. The topological polar surface area (TPSA) is 54.9 Å². The van der Waals surface area contributed by atoms with Gasteiger partial charge >= 0.3 is 0 Å². The molecule has 1 aromatic heterocycles. The van der Waals surface area contributed by atoms with E-state index in [9.17, 15) is 4.79 Å². The van der Waals surface area contributed by atoms with Crippen LogP contribution >= 0.6 is 46.4 Å². The Kier molecular flexibility index (Phi) is 4.47. The van der Waals surface area contributed by atoms with Gasteiger partial charge in [0.15, 0.2) is 11.0 Å². The standard InChI is InChI=1S/C11H5Cl4N3O/c12-6-3-1-2-5(7(6)13)11(19)18-10-8(14)9(15)16-4-17-10/h1-4H,(H,16,17,18,19). The van der Waals surface area contributed by atoms with Gasteiger partial charge in [0.05, 0.1) is 15.6 Å². The second-order valence-electron chi connectivity index (χ2n) is 3.38. The normalized spacial score (nSPS) is 10.3. The summed E-state index contributed by atoms with van der Waals surface area (Å²) in [7, 11) is 0. The quantitative estimate of drug-likeness (QED) is 0.830. The Morgan fingerprint density at radius 3 is 2.53 bits per heavy atom. The number of halogens is 4. The van der Waals surface area contributed by atoms with Gasteiger partial charge in [0, 0.05) is 0 Å². The smallest absolute Gasteiger partial charge is 0.258 e. The molecule has 0 unspecified atom stereocenters. The molecule has 4 nitrogen and oxygen atoms in total. The van der Waals surface area contributed by atoms with Crippen LogP contribution in [0.2, 0.25) is 20.2 Å². The molecular weight excluding hydrogens is 332 g/mol. The summed E-state index contributed by atoms with van der Waals surface area (Å²) >= 11 is 23.4. The summed E-state index contributed by atoms with van der Waals surface area (Å²) in [5.41, 5.74) is 0.208. The van der Waals surface area contributed by atoms with Crippen molar-refractivity contribution in [3.8, 4) is 0 Å². The van der Waals surface area contributed by atoms with Gasteiger partial charge in [-0.1, -0.05) is 52.5 Å². The van der Waals surface area contributed by atoms with Gasteiger partial charge in [-0.05, 0) is 12.1 Å². The molecule has 0 aliphatic carbocycles. The fourth-order valence-corrected chi connectivity index (χ4v) is 1.95. The van der Waals surface area contributed by atoms with Crippen LogP contribution in [0.1, 0.15) is 10.4 Å². The fraction of sp³-hybridized carbons (Fsp3) is 0. The molecule has 1 amide bonds. The van der Waals surface area contributed by atoms with Crippen LogP contribution < -0.4 is 5.32 Å². The molecule has 0 spiro atoms. The van der Waals surface area contributed by atoms with Crippen LogP contribution in [0, 0.1) is 0 Å². The van der Waals surface area contributed by atoms with E-state index in [4.69, 9.17) is 46.4 Å². The molecule has 19 heavy (non-hydrogen) atoms. The SMILES string of the molecule is O=C(Nc1ncnc(Cl)c1Cl)c1cccc(Cl)c1Cl. The number of carbonyl (C=O) groups is 1. The van der Waals surface area contributed by atoms with Crippen LogP contribution in [0.15, 0.2) is 24.5 Å². The van der Waals surface area contributed by atoms with Crippen molar-refractivity contribution in [2.75, 3.05) is 5.32 Å². The molecule has 0 fully saturated rings. The first kappa shape index (κ1) is 14.3. The maximum Gasteiger partial charge on any atom is 0.258 e. The lowest BCUT2D eigenvalue weighted by atomic mass is 10.2. The Morgan fingerprint density at radius 2 is 1.79 bits per heavy atom. The second kappa shape index (κ2) is 5.92. The van der Waals surface area contributed by atoms with Crippen molar-refractivity contribution in [3.05, 3.63) is 50.3 Å². The Morgan fingerprint density at radius 1 is 1.05 bits per heavy atom. The van der Waals surface area contributed by atoms with Crippen molar-refractivity contribution in [1.29, 1.82) is 0 Å². The first-order valence-corrected chi connectivity index (χ1v) is 6.43. The molecular formula is C11H5Cl4N3O. The lowest BCUT2D eigenvalue weighted by Gasteiger charge is -2.08. The molecule has 0 radical (unpaired) electrons. The summed E-state index contributed by atoms with van der Waals surface area (Å²) in [6.45, 7) is 0. The number of nitrogens with zero attached hydrogens (tertiary/aromatic N) is 2. The van der Waals surface area contributed by atoms with Gasteiger partial charge in [0.25, 0.3) is 5.91 Å². The van der Waals surface area contributed by atoms with Crippen molar-refractivity contribution in [2.24, 2.45) is 0 Å². The molecule has 0 bridgehead atoms. The van der Waals surface area contributed by atoms with Crippen LogP contribution in [-0.4, -0.2) is 15.9 Å². The monoisotopic (exact) mass is 335 g/mol. The van der Waals surface area contributed by atoms with E-state index in [1.807, 2.05) is 0 Å². The molecule has 8 heteroatoms. The third-order valence-corrected chi connectivity index (χ3v) is 3.74. The number of amides is 1. The van der Waals surface area contributed by atoms with E-state index < -0.39 is 5.91 Å². The van der Waals surface area contributed by atoms with Crippen molar-refractivity contribution in [1.82, 2.24) is 9.97 Å². The summed E-state index contributed by atoms with van der Waals surface area (Å²) in [6.07, 6.45) is 1.18. The van der Waals surface area contributed by atoms with E-state index in [0.717, 1.165) is 0 Å². The third-order valence-electron chi connectivity index (χ3n) is 2.18. The summed E-state index contributed by atoms with van der Waals surface area (Å²) in [4.78, 5) is 19.5. The molecule has 0 saturated heterocycles. The van der Waals surface area contributed by atoms with Gasteiger partial charge in [-0.3, -0.25) is 4.79 Å². The average molecular weight is 337 g/mol. The Hall–Kier alpha value is -1.07. The van der Waals surface area contributed by atoms with Crippen LogP contribution in [-0.2, 0) is 0 Å². The number of rotatable bonds is 2. The molecule has 2 aromatic rings. The van der Waals surface area contributed by atoms with Gasteiger partial charge in [0.2, 0.25) is 0 Å². The van der Waals surface area contributed by atoms with Crippen LogP contribution in [0.25, 0.3) is 0 Å². The van der Waals surface area contributed by atoms with Crippen LogP contribution in [0.3, 0.4) is 0 Å². The highest BCUT2D eigenvalue weighted by Crippen LogP contribution is 2.28. The largest absolute Gasteiger partial charge is 0.305 e. The highest BCUT2D eigenvalue weighted by Gasteiger charge is 2.15. The maximum absolute atomic E-state index is 12.0. The van der Waals surface area contributed by atoms with Crippen LogP contribution in [0.4, 0.5) is 5.82 Å². The summed E-state index contributed by atoms with van der Waals surface area (Å²) in [5, 5.41) is 3.01. The minimum Gasteiger partial charge on any atom is -0.305 e. The summed E-state index contributed by atoms with van der Waals surface area (Å²) in [5.74, 6) is -0.396. The zero-order chi connectivity index (χ0) is 14.0. The maximum atomic E-state index is 12.0. The minimum atomic E-state index is -0.496. The number of hydrogen-bond donors (Lipinski definition) is 1. The van der Waals surface area contributed by atoms with Gasteiger partial charge < -0.3 is 5.32 Å². The molecule has 0 atom stereocenters. The number of nitrogens with one attached hydrogen (secondary N) is 1. The third kappa shape index (κ3) is 3.09. The van der Waals surface area contributed by atoms with Crippen LogP contribution in [0.5, 0.6) is 0 Å². The van der Waals surface area contributed by atoms with Crippen molar-refractivity contribution in [3.63, 3.8) is 0 Å². The lowest BCUT2D eigenvalue weighted by molar-refractivity contribution is 0.102. The van der Waals surface area contributed by atoms with Gasteiger partial charge in [0.1, 0.15) is 11.3 Å². The van der Waals surface area contributed by atoms with E-state index in [1.54, 1.807) is 12.1 Å². The zero-order valence-corrected chi connectivity index (χ0v) is 12.1. The molecule has 1 aromatic carbocycles. The predicted molar refractivity (Wildman–Crippen MR) is 76.5 cm³/mol. The van der Waals surface area contributed by atoms with Crippen molar-refractivity contribution in [2.45, 2.75) is 0 Å². The van der Waals surface area contributed by atoms with E-state index in [1.165, 1.54) is 12.4 Å². The molecule has 0 aliphatic heterocycles. The van der Waals surface area contributed by atoms with E-state index >= 15 is 0 Å². The molecule has 1 heterocycles. The molecule has 98 valence electrons. The van der Waals surface area contributed by atoms with E-state index in [2.05, 4.69) is 15.3 Å². The summed E-state index contributed by atoms with van der Waals surface area (Å²) in [6, 6.07) is 4.72. The number of hydrogen-bond acceptors (Lipinski definition) is 3. The summed E-state index contributed by atoms with van der Waals surface area (Å²) < 4.78 is 0. The first-order valence-electron chi connectivity index (χ1n) is 4.92.